The molecule has 0 aliphatic carbocycles. The van der Waals surface area contributed by atoms with Crippen LogP contribution in [0.5, 0.6) is 0 Å². The summed E-state index contributed by atoms with van der Waals surface area (Å²) in [7, 11) is 0. The molecule has 3 aromatic rings. The van der Waals surface area contributed by atoms with Gasteiger partial charge in [-0.1, -0.05) is 18.2 Å². The standard InChI is InChI=1S/C21H18N2O5/c1-14-12-19(15(2)22(14)17-6-4-3-5-7-17)20(24)13-28-21(25)16-8-10-18(11-9-16)23(26)27/h3-12H,13H2,1-2H3. The molecule has 0 amide bonds. The molecule has 7 nitrogen and oxygen atoms in total. The summed E-state index contributed by atoms with van der Waals surface area (Å²) in [5.74, 6) is -1.02. The minimum atomic E-state index is -0.708. The second-order valence-electron chi connectivity index (χ2n) is 6.26. The van der Waals surface area contributed by atoms with E-state index in [4.69, 9.17) is 4.74 Å². The predicted molar refractivity (Wildman–Crippen MR) is 103 cm³/mol. The highest BCUT2D eigenvalue weighted by molar-refractivity contribution is 6.00. The third-order valence-corrected chi connectivity index (χ3v) is 4.39. The molecule has 7 heteroatoms. The monoisotopic (exact) mass is 378 g/mol. The first-order valence-electron chi connectivity index (χ1n) is 8.57. The van der Waals surface area contributed by atoms with Gasteiger partial charge in [0.15, 0.2) is 6.61 Å². The van der Waals surface area contributed by atoms with Gasteiger partial charge in [-0.05, 0) is 44.2 Å². The van der Waals surface area contributed by atoms with E-state index in [-0.39, 0.29) is 17.0 Å². The van der Waals surface area contributed by atoms with E-state index in [2.05, 4.69) is 0 Å². The number of ether oxygens (including phenoxy) is 1. The Balaban J connectivity index is 1.72. The quantitative estimate of drug-likeness (QED) is 0.279. The molecule has 1 aromatic heterocycles. The Morgan fingerprint density at radius 3 is 2.29 bits per heavy atom. The van der Waals surface area contributed by atoms with Crippen LogP contribution < -0.4 is 0 Å². The number of para-hydroxylation sites is 1. The molecule has 0 unspecified atom stereocenters. The first kappa shape index (κ1) is 19.0. The molecule has 3 rings (SSSR count). The molecule has 0 fully saturated rings. The van der Waals surface area contributed by atoms with Crippen molar-refractivity contribution in [2.75, 3.05) is 6.61 Å². The van der Waals surface area contributed by atoms with Crippen LogP contribution in [-0.4, -0.2) is 27.8 Å². The maximum atomic E-state index is 12.6. The van der Waals surface area contributed by atoms with E-state index in [1.54, 1.807) is 6.07 Å². The zero-order chi connectivity index (χ0) is 20.3. The van der Waals surface area contributed by atoms with Crippen LogP contribution in [0.15, 0.2) is 60.7 Å². The number of benzene rings is 2. The summed E-state index contributed by atoms with van der Waals surface area (Å²) in [5.41, 5.74) is 3.11. The Labute approximate surface area is 161 Å². The van der Waals surface area contributed by atoms with Gasteiger partial charge in [0.1, 0.15) is 0 Å². The van der Waals surface area contributed by atoms with Crippen LogP contribution in [0.1, 0.15) is 32.1 Å². The van der Waals surface area contributed by atoms with Crippen molar-refractivity contribution in [2.24, 2.45) is 0 Å². The van der Waals surface area contributed by atoms with Gasteiger partial charge in [-0.2, -0.15) is 0 Å². The summed E-state index contributed by atoms with van der Waals surface area (Å²) in [5, 5.41) is 10.7. The third-order valence-electron chi connectivity index (χ3n) is 4.39. The number of non-ortho nitro benzene ring substituents is 1. The first-order valence-corrected chi connectivity index (χ1v) is 8.57. The normalized spacial score (nSPS) is 10.5. The molecule has 0 bridgehead atoms. The van der Waals surface area contributed by atoms with Crippen molar-refractivity contribution in [3.05, 3.63) is 93.3 Å². The van der Waals surface area contributed by atoms with E-state index in [9.17, 15) is 19.7 Å². The Bertz CT molecular complexity index is 1040. The number of carbonyl (C=O) groups excluding carboxylic acids is 2. The molecule has 0 aliphatic heterocycles. The number of aromatic nitrogens is 1. The first-order chi connectivity index (χ1) is 13.4. The second kappa shape index (κ2) is 7.87. The maximum absolute atomic E-state index is 12.6. The average molecular weight is 378 g/mol. The fraction of sp³-hybridized carbons (Fsp3) is 0.143. The second-order valence-corrected chi connectivity index (χ2v) is 6.26. The molecule has 0 radical (unpaired) electrons. The Kier molecular flexibility index (Phi) is 5.35. The van der Waals surface area contributed by atoms with Crippen LogP contribution in [0.2, 0.25) is 0 Å². The minimum Gasteiger partial charge on any atom is -0.454 e. The van der Waals surface area contributed by atoms with Gasteiger partial charge >= 0.3 is 5.97 Å². The van der Waals surface area contributed by atoms with Crippen LogP contribution >= 0.6 is 0 Å². The third kappa shape index (κ3) is 3.83. The smallest absolute Gasteiger partial charge is 0.338 e. The lowest BCUT2D eigenvalue weighted by Crippen LogP contribution is -2.15. The SMILES string of the molecule is Cc1cc(C(=O)COC(=O)c2ccc([N+](=O)[O-])cc2)c(C)n1-c1ccccc1. The molecule has 0 saturated heterocycles. The number of carbonyl (C=O) groups is 2. The van der Waals surface area contributed by atoms with Crippen molar-refractivity contribution in [1.29, 1.82) is 0 Å². The number of nitro benzene ring substituents is 1. The molecular formula is C21H18N2O5. The van der Waals surface area contributed by atoms with E-state index in [1.807, 2.05) is 48.7 Å². The largest absolute Gasteiger partial charge is 0.454 e. The topological polar surface area (TPSA) is 91.4 Å². The number of aryl methyl sites for hydroxylation is 1. The molecule has 0 N–H and O–H groups in total. The molecule has 0 aliphatic rings. The number of esters is 1. The van der Waals surface area contributed by atoms with E-state index in [0.29, 0.717) is 5.56 Å². The summed E-state index contributed by atoms with van der Waals surface area (Å²) in [4.78, 5) is 34.8. The predicted octanol–water partition coefficient (Wildman–Crippen LogP) is 4.04. The van der Waals surface area contributed by atoms with Crippen LogP contribution in [-0.2, 0) is 4.74 Å². The molecule has 1 heterocycles. The van der Waals surface area contributed by atoms with Gasteiger partial charge in [0.2, 0.25) is 5.78 Å². The minimum absolute atomic E-state index is 0.124. The number of Topliss-reactive ketones (excluding diaryl/α,β-unsaturated/α-hetero) is 1. The van der Waals surface area contributed by atoms with Crippen molar-refractivity contribution in [1.82, 2.24) is 4.57 Å². The summed E-state index contributed by atoms with van der Waals surface area (Å²) in [6.07, 6.45) is 0. The van der Waals surface area contributed by atoms with Gasteiger partial charge in [-0.15, -0.1) is 0 Å². The zero-order valence-corrected chi connectivity index (χ0v) is 15.4. The Morgan fingerprint density at radius 2 is 1.68 bits per heavy atom. The summed E-state index contributed by atoms with van der Waals surface area (Å²) in [6, 6.07) is 16.4. The van der Waals surface area contributed by atoms with Crippen LogP contribution in [0, 0.1) is 24.0 Å². The Hall–Kier alpha value is -3.74. The van der Waals surface area contributed by atoms with Crippen molar-refractivity contribution in [3.8, 4) is 5.69 Å². The highest BCUT2D eigenvalue weighted by Crippen LogP contribution is 2.21. The molecule has 2 aromatic carbocycles. The van der Waals surface area contributed by atoms with Gasteiger partial charge in [0.05, 0.1) is 10.5 Å². The van der Waals surface area contributed by atoms with Gasteiger partial charge in [-0.25, -0.2) is 4.79 Å². The van der Waals surface area contributed by atoms with Crippen molar-refractivity contribution in [3.63, 3.8) is 0 Å². The van der Waals surface area contributed by atoms with Gasteiger partial charge in [0.25, 0.3) is 5.69 Å². The fourth-order valence-electron chi connectivity index (χ4n) is 3.03. The fourth-order valence-corrected chi connectivity index (χ4v) is 3.03. The highest BCUT2D eigenvalue weighted by Gasteiger charge is 2.19. The maximum Gasteiger partial charge on any atom is 0.338 e. The lowest BCUT2D eigenvalue weighted by atomic mass is 10.1. The van der Waals surface area contributed by atoms with Crippen molar-refractivity contribution < 1.29 is 19.2 Å². The Morgan fingerprint density at radius 1 is 1.04 bits per heavy atom. The molecule has 142 valence electrons. The summed E-state index contributed by atoms with van der Waals surface area (Å²) in [6.45, 7) is 3.33. The molecule has 0 atom stereocenters. The van der Waals surface area contributed by atoms with E-state index in [1.165, 1.54) is 24.3 Å². The van der Waals surface area contributed by atoms with Crippen molar-refractivity contribution >= 4 is 17.4 Å². The summed E-state index contributed by atoms with van der Waals surface area (Å²) < 4.78 is 7.05. The van der Waals surface area contributed by atoms with Crippen LogP contribution in [0.3, 0.4) is 0 Å². The molecule has 0 spiro atoms. The number of nitrogens with zero attached hydrogens (tertiary/aromatic N) is 2. The summed E-state index contributed by atoms with van der Waals surface area (Å²) >= 11 is 0. The van der Waals surface area contributed by atoms with E-state index < -0.39 is 17.5 Å². The van der Waals surface area contributed by atoms with E-state index >= 15 is 0 Å². The van der Waals surface area contributed by atoms with Crippen LogP contribution in [0.4, 0.5) is 5.69 Å². The lowest BCUT2D eigenvalue weighted by molar-refractivity contribution is -0.384. The van der Waals surface area contributed by atoms with Gasteiger partial charge in [-0.3, -0.25) is 14.9 Å². The number of nitro groups is 1. The highest BCUT2D eigenvalue weighted by atomic mass is 16.6. The average Bonchev–Trinajstić information content (AvgIpc) is 3.00. The number of hydrogen-bond donors (Lipinski definition) is 0. The van der Waals surface area contributed by atoms with Crippen molar-refractivity contribution in [2.45, 2.75) is 13.8 Å². The number of ketones is 1. The number of rotatable bonds is 6. The lowest BCUT2D eigenvalue weighted by Gasteiger charge is -2.09. The zero-order valence-electron chi connectivity index (χ0n) is 15.4. The van der Waals surface area contributed by atoms with E-state index in [0.717, 1.165) is 17.1 Å². The molecular weight excluding hydrogens is 360 g/mol. The molecule has 0 saturated carbocycles. The molecule has 28 heavy (non-hydrogen) atoms. The number of hydrogen-bond acceptors (Lipinski definition) is 5. The van der Waals surface area contributed by atoms with Gasteiger partial charge in [0, 0.05) is 34.8 Å². The van der Waals surface area contributed by atoms with Crippen LogP contribution in [0.25, 0.3) is 5.69 Å². The van der Waals surface area contributed by atoms with Gasteiger partial charge < -0.3 is 9.30 Å².